The van der Waals surface area contributed by atoms with Crippen molar-refractivity contribution < 1.29 is 5.11 Å². The van der Waals surface area contributed by atoms with E-state index in [0.717, 1.165) is 12.8 Å². The highest BCUT2D eigenvalue weighted by Crippen LogP contribution is 2.38. The molecule has 2 unspecified atom stereocenters. The molecule has 0 aliphatic heterocycles. The molecule has 2 nitrogen and oxygen atoms in total. The first-order valence-electron chi connectivity index (χ1n) is 7.16. The van der Waals surface area contributed by atoms with Gasteiger partial charge in [0.05, 0.1) is 12.1 Å². The second kappa shape index (κ2) is 5.75. The van der Waals surface area contributed by atoms with E-state index in [1.807, 2.05) is 0 Å². The fourth-order valence-electron chi connectivity index (χ4n) is 3.30. The first-order valence-corrected chi connectivity index (χ1v) is 7.16. The maximum absolute atomic E-state index is 9.93. The lowest BCUT2D eigenvalue weighted by atomic mass is 9.71. The number of aryl methyl sites for hydroxylation is 1. The van der Waals surface area contributed by atoms with Gasteiger partial charge in [0.15, 0.2) is 0 Å². The molecule has 0 bridgehead atoms. The molecule has 1 saturated carbocycles. The number of anilines is 1. The van der Waals surface area contributed by atoms with Crippen LogP contribution < -0.4 is 5.32 Å². The van der Waals surface area contributed by atoms with Gasteiger partial charge in [-0.1, -0.05) is 44.4 Å². The number of rotatable bonds is 4. The molecular formula is C16H25NO. The second-order valence-electron chi connectivity index (χ2n) is 5.61. The van der Waals surface area contributed by atoms with E-state index in [9.17, 15) is 5.11 Å². The van der Waals surface area contributed by atoms with Crippen molar-refractivity contribution in [1.29, 1.82) is 0 Å². The molecule has 0 radical (unpaired) electrons. The van der Waals surface area contributed by atoms with E-state index in [-0.39, 0.29) is 12.1 Å². The van der Waals surface area contributed by atoms with Crippen molar-refractivity contribution in [2.75, 3.05) is 11.9 Å². The summed E-state index contributed by atoms with van der Waals surface area (Å²) in [6, 6.07) is 8.36. The van der Waals surface area contributed by atoms with Crippen LogP contribution in [0.1, 0.15) is 44.6 Å². The first kappa shape index (κ1) is 13.4. The highest BCUT2D eigenvalue weighted by atomic mass is 16.3. The molecule has 1 aliphatic carbocycles. The number of hydrogen-bond acceptors (Lipinski definition) is 2. The molecule has 1 aromatic carbocycles. The average molecular weight is 247 g/mol. The molecule has 2 rings (SSSR count). The van der Waals surface area contributed by atoms with Crippen LogP contribution in [0.4, 0.5) is 5.69 Å². The predicted octanol–water partition coefficient (Wildman–Crippen LogP) is 3.74. The van der Waals surface area contributed by atoms with Crippen molar-refractivity contribution in [3.8, 4) is 0 Å². The Bertz CT molecular complexity index is 390. The zero-order valence-electron chi connectivity index (χ0n) is 11.6. The number of benzene rings is 1. The minimum absolute atomic E-state index is 0.112. The van der Waals surface area contributed by atoms with Crippen molar-refractivity contribution in [3.05, 3.63) is 29.8 Å². The molecule has 0 spiro atoms. The van der Waals surface area contributed by atoms with Crippen LogP contribution in [0.2, 0.25) is 0 Å². The SMILES string of the molecule is CCC1CCCCC1(CO)Nc1ccccc1C. The fourth-order valence-corrected chi connectivity index (χ4v) is 3.30. The maximum atomic E-state index is 9.93. The van der Waals surface area contributed by atoms with Crippen LogP contribution in [0.5, 0.6) is 0 Å². The van der Waals surface area contributed by atoms with Gasteiger partial charge in [-0.05, 0) is 37.3 Å². The summed E-state index contributed by atoms with van der Waals surface area (Å²) in [5, 5.41) is 13.6. The Balaban J connectivity index is 2.24. The summed E-state index contributed by atoms with van der Waals surface area (Å²) in [5.74, 6) is 0.579. The van der Waals surface area contributed by atoms with E-state index in [4.69, 9.17) is 0 Å². The molecule has 2 atom stereocenters. The molecule has 1 aliphatic rings. The van der Waals surface area contributed by atoms with E-state index >= 15 is 0 Å². The van der Waals surface area contributed by atoms with E-state index in [2.05, 4.69) is 43.4 Å². The Morgan fingerprint density at radius 2 is 2.11 bits per heavy atom. The van der Waals surface area contributed by atoms with Crippen LogP contribution in [0.3, 0.4) is 0 Å². The summed E-state index contributed by atoms with van der Waals surface area (Å²) < 4.78 is 0. The van der Waals surface area contributed by atoms with Gasteiger partial charge in [-0.3, -0.25) is 0 Å². The minimum Gasteiger partial charge on any atom is -0.394 e. The summed E-state index contributed by atoms with van der Waals surface area (Å²) >= 11 is 0. The smallest absolute Gasteiger partial charge is 0.0664 e. The lowest BCUT2D eigenvalue weighted by molar-refractivity contribution is 0.114. The van der Waals surface area contributed by atoms with Crippen LogP contribution >= 0.6 is 0 Å². The van der Waals surface area contributed by atoms with Gasteiger partial charge in [0.25, 0.3) is 0 Å². The average Bonchev–Trinajstić information content (AvgIpc) is 2.42. The summed E-state index contributed by atoms with van der Waals surface area (Å²) in [5.41, 5.74) is 2.32. The predicted molar refractivity (Wildman–Crippen MR) is 76.9 cm³/mol. The molecule has 2 heteroatoms. The van der Waals surface area contributed by atoms with Gasteiger partial charge >= 0.3 is 0 Å². The van der Waals surface area contributed by atoms with Gasteiger partial charge in [-0.2, -0.15) is 0 Å². The third-order valence-electron chi connectivity index (χ3n) is 4.51. The molecule has 0 saturated heterocycles. The van der Waals surface area contributed by atoms with Crippen LogP contribution in [-0.4, -0.2) is 17.3 Å². The van der Waals surface area contributed by atoms with Crippen LogP contribution in [-0.2, 0) is 0 Å². The van der Waals surface area contributed by atoms with Gasteiger partial charge < -0.3 is 10.4 Å². The van der Waals surface area contributed by atoms with E-state index in [1.165, 1.54) is 30.5 Å². The van der Waals surface area contributed by atoms with Crippen molar-refractivity contribution in [2.24, 2.45) is 5.92 Å². The molecule has 2 N–H and O–H groups in total. The quantitative estimate of drug-likeness (QED) is 0.849. The normalized spacial score (nSPS) is 28.1. The molecule has 0 heterocycles. The highest BCUT2D eigenvalue weighted by molar-refractivity contribution is 5.52. The van der Waals surface area contributed by atoms with E-state index in [1.54, 1.807) is 0 Å². The van der Waals surface area contributed by atoms with E-state index in [0.29, 0.717) is 5.92 Å². The minimum atomic E-state index is -0.112. The molecule has 100 valence electrons. The van der Waals surface area contributed by atoms with Gasteiger partial charge in [0, 0.05) is 5.69 Å². The van der Waals surface area contributed by atoms with Gasteiger partial charge in [0.2, 0.25) is 0 Å². The molecule has 0 aromatic heterocycles. The Morgan fingerprint density at radius 1 is 1.33 bits per heavy atom. The standard InChI is InChI=1S/C16H25NO/c1-3-14-9-6-7-11-16(14,12-18)17-15-10-5-4-8-13(15)2/h4-5,8,10,14,17-18H,3,6-7,9,11-12H2,1-2H3. The summed E-state index contributed by atoms with van der Waals surface area (Å²) in [6.07, 6.45) is 5.97. The summed E-state index contributed by atoms with van der Waals surface area (Å²) in [6.45, 7) is 4.59. The Kier molecular flexibility index (Phi) is 4.28. The number of para-hydroxylation sites is 1. The van der Waals surface area contributed by atoms with Crippen LogP contribution in [0, 0.1) is 12.8 Å². The molecule has 1 fully saturated rings. The maximum Gasteiger partial charge on any atom is 0.0664 e. The molecule has 1 aromatic rings. The summed E-state index contributed by atoms with van der Waals surface area (Å²) in [4.78, 5) is 0. The molecular weight excluding hydrogens is 222 g/mol. The Hall–Kier alpha value is -1.02. The first-order chi connectivity index (χ1) is 8.72. The largest absolute Gasteiger partial charge is 0.394 e. The van der Waals surface area contributed by atoms with Gasteiger partial charge in [-0.25, -0.2) is 0 Å². The zero-order chi connectivity index (χ0) is 13.0. The van der Waals surface area contributed by atoms with E-state index < -0.39 is 0 Å². The highest BCUT2D eigenvalue weighted by Gasteiger charge is 2.39. The number of aliphatic hydroxyl groups excluding tert-OH is 1. The van der Waals surface area contributed by atoms with Crippen LogP contribution in [0.25, 0.3) is 0 Å². The zero-order valence-corrected chi connectivity index (χ0v) is 11.6. The molecule has 0 amide bonds. The lowest BCUT2D eigenvalue weighted by Crippen LogP contribution is -2.50. The van der Waals surface area contributed by atoms with Crippen LogP contribution in [0.15, 0.2) is 24.3 Å². The Labute approximate surface area is 110 Å². The summed E-state index contributed by atoms with van der Waals surface area (Å²) in [7, 11) is 0. The monoisotopic (exact) mass is 247 g/mol. The van der Waals surface area contributed by atoms with Crippen molar-refractivity contribution in [1.82, 2.24) is 0 Å². The number of aliphatic hydroxyl groups is 1. The topological polar surface area (TPSA) is 32.3 Å². The number of nitrogens with one attached hydrogen (secondary N) is 1. The third-order valence-corrected chi connectivity index (χ3v) is 4.51. The van der Waals surface area contributed by atoms with Crippen molar-refractivity contribution >= 4 is 5.69 Å². The van der Waals surface area contributed by atoms with Gasteiger partial charge in [-0.15, -0.1) is 0 Å². The second-order valence-corrected chi connectivity index (χ2v) is 5.61. The van der Waals surface area contributed by atoms with Crippen molar-refractivity contribution in [2.45, 2.75) is 51.5 Å². The third kappa shape index (κ3) is 2.54. The Morgan fingerprint density at radius 3 is 2.78 bits per heavy atom. The van der Waals surface area contributed by atoms with Gasteiger partial charge in [0.1, 0.15) is 0 Å². The van der Waals surface area contributed by atoms with Crippen molar-refractivity contribution in [3.63, 3.8) is 0 Å². The number of hydrogen-bond donors (Lipinski definition) is 2. The molecule has 18 heavy (non-hydrogen) atoms. The fraction of sp³-hybridized carbons (Fsp3) is 0.625. The lowest BCUT2D eigenvalue weighted by Gasteiger charge is -2.44.